The molecule has 7 nitrogen and oxygen atoms in total. The summed E-state index contributed by atoms with van der Waals surface area (Å²) in [5.74, 6) is -0.415. The van der Waals surface area contributed by atoms with Gasteiger partial charge in [0.25, 0.3) is 0 Å². The number of amides is 2. The molecule has 2 aliphatic rings. The van der Waals surface area contributed by atoms with Crippen LogP contribution >= 0.6 is 27.5 Å². The molecular formula is C23H25BrClN3O4S. The number of benzene rings is 2. The van der Waals surface area contributed by atoms with Gasteiger partial charge in [0, 0.05) is 52.8 Å². The van der Waals surface area contributed by atoms with Gasteiger partial charge in [-0.05, 0) is 77.2 Å². The molecule has 0 aliphatic carbocycles. The zero-order chi connectivity index (χ0) is 23.8. The number of halogens is 2. The maximum absolute atomic E-state index is 13.4. The van der Waals surface area contributed by atoms with Crippen LogP contribution in [0.4, 0.5) is 11.4 Å². The van der Waals surface area contributed by atoms with Gasteiger partial charge in [0.1, 0.15) is 0 Å². The van der Waals surface area contributed by atoms with E-state index in [2.05, 4.69) is 21.2 Å². The molecule has 2 aromatic carbocycles. The lowest BCUT2D eigenvalue weighted by Crippen LogP contribution is -2.41. The molecule has 2 heterocycles. The molecule has 0 unspecified atom stereocenters. The minimum absolute atomic E-state index is 0.0214. The largest absolute Gasteiger partial charge is 0.326 e. The Morgan fingerprint density at radius 2 is 1.79 bits per heavy atom. The van der Waals surface area contributed by atoms with Crippen molar-refractivity contribution in [3.05, 3.63) is 51.5 Å². The Morgan fingerprint density at radius 1 is 1.12 bits per heavy atom. The van der Waals surface area contributed by atoms with E-state index in [-0.39, 0.29) is 35.7 Å². The van der Waals surface area contributed by atoms with E-state index in [4.69, 9.17) is 11.6 Å². The number of carbonyl (C=O) groups excluding carboxylic acids is 2. The fourth-order valence-corrected chi connectivity index (χ4v) is 6.98. The van der Waals surface area contributed by atoms with E-state index < -0.39 is 10.0 Å². The number of rotatable bonds is 5. The third kappa shape index (κ3) is 4.96. The lowest BCUT2D eigenvalue weighted by atomic mass is 9.97. The molecule has 0 atom stereocenters. The molecular weight excluding hydrogens is 530 g/mol. The van der Waals surface area contributed by atoms with Gasteiger partial charge >= 0.3 is 0 Å². The number of fused-ring (bicyclic) bond motifs is 1. The molecule has 2 aromatic rings. The highest BCUT2D eigenvalue weighted by atomic mass is 79.9. The van der Waals surface area contributed by atoms with E-state index in [1.165, 1.54) is 4.31 Å². The summed E-state index contributed by atoms with van der Waals surface area (Å²) in [5.41, 5.74) is 2.29. The summed E-state index contributed by atoms with van der Waals surface area (Å²) in [5, 5.41) is 3.46. The molecule has 176 valence electrons. The van der Waals surface area contributed by atoms with Gasteiger partial charge in [-0.2, -0.15) is 4.31 Å². The van der Waals surface area contributed by atoms with Crippen molar-refractivity contribution in [2.75, 3.05) is 29.9 Å². The number of carbonyl (C=O) groups is 2. The number of sulfonamides is 1. The van der Waals surface area contributed by atoms with Crippen LogP contribution in [0, 0.1) is 5.92 Å². The first kappa shape index (κ1) is 24.2. The average molecular weight is 555 g/mol. The van der Waals surface area contributed by atoms with Crippen molar-refractivity contribution < 1.29 is 18.0 Å². The third-order valence-electron chi connectivity index (χ3n) is 6.19. The van der Waals surface area contributed by atoms with Crippen LogP contribution < -0.4 is 10.2 Å². The van der Waals surface area contributed by atoms with Crippen molar-refractivity contribution in [2.24, 2.45) is 5.92 Å². The van der Waals surface area contributed by atoms with Crippen LogP contribution in [0.2, 0.25) is 5.02 Å². The van der Waals surface area contributed by atoms with E-state index in [9.17, 15) is 18.0 Å². The van der Waals surface area contributed by atoms with Crippen molar-refractivity contribution >= 4 is 60.7 Å². The molecule has 1 saturated heterocycles. The molecule has 2 aliphatic heterocycles. The molecule has 4 rings (SSSR count). The lowest BCUT2D eigenvalue weighted by molar-refractivity contribution is -0.121. The minimum atomic E-state index is -3.78. The Bertz CT molecular complexity index is 1180. The highest BCUT2D eigenvalue weighted by Crippen LogP contribution is 2.37. The Morgan fingerprint density at radius 3 is 2.42 bits per heavy atom. The zero-order valence-corrected chi connectivity index (χ0v) is 21.3. The Balaban J connectivity index is 1.47. The van der Waals surface area contributed by atoms with Gasteiger partial charge in [-0.25, -0.2) is 8.42 Å². The quantitative estimate of drug-likeness (QED) is 0.592. The minimum Gasteiger partial charge on any atom is -0.326 e. The predicted octanol–water partition coefficient (Wildman–Crippen LogP) is 4.44. The number of piperidine rings is 1. The second-order valence-corrected chi connectivity index (χ2v) is 11.4. The van der Waals surface area contributed by atoms with Crippen molar-refractivity contribution in [1.82, 2.24) is 4.31 Å². The standard InChI is InChI=1S/C23H25BrClN3O4S/c1-2-22(29)28-12-9-16-13-19(24)21(14-20(16)28)33(31,32)27-10-7-15(8-11-27)23(30)26-18-5-3-17(25)4-6-18/h3-6,13-15H,2,7-12H2,1H3,(H,26,30). The molecule has 1 N–H and O–H groups in total. The van der Waals surface area contributed by atoms with E-state index >= 15 is 0 Å². The number of nitrogens with one attached hydrogen (secondary N) is 1. The lowest BCUT2D eigenvalue weighted by Gasteiger charge is -2.31. The van der Waals surface area contributed by atoms with Gasteiger partial charge in [-0.1, -0.05) is 18.5 Å². The predicted molar refractivity (Wildman–Crippen MR) is 132 cm³/mol. The summed E-state index contributed by atoms with van der Waals surface area (Å²) in [7, 11) is -3.78. The van der Waals surface area contributed by atoms with E-state index in [1.807, 2.05) is 0 Å². The van der Waals surface area contributed by atoms with Gasteiger partial charge in [-0.15, -0.1) is 0 Å². The van der Waals surface area contributed by atoms with Crippen molar-refractivity contribution in [3.8, 4) is 0 Å². The first-order valence-corrected chi connectivity index (χ1v) is 13.5. The molecule has 0 saturated carbocycles. The number of anilines is 2. The Kier molecular flexibility index (Phi) is 7.14. The average Bonchev–Trinajstić information content (AvgIpc) is 3.22. The van der Waals surface area contributed by atoms with Crippen molar-refractivity contribution in [1.29, 1.82) is 0 Å². The molecule has 0 radical (unpaired) electrons. The third-order valence-corrected chi connectivity index (χ3v) is 9.30. The van der Waals surface area contributed by atoms with Gasteiger partial charge in [-0.3, -0.25) is 9.59 Å². The monoisotopic (exact) mass is 553 g/mol. The topological polar surface area (TPSA) is 86.8 Å². The molecule has 2 amide bonds. The number of hydrogen-bond acceptors (Lipinski definition) is 4. The van der Waals surface area contributed by atoms with Crippen LogP contribution in [0.25, 0.3) is 0 Å². The molecule has 0 bridgehead atoms. The molecule has 10 heteroatoms. The molecule has 0 spiro atoms. The van der Waals surface area contributed by atoms with Crippen molar-refractivity contribution in [2.45, 2.75) is 37.5 Å². The SMILES string of the molecule is CCC(=O)N1CCc2cc(Br)c(S(=O)(=O)N3CCC(C(=O)Nc4ccc(Cl)cc4)CC3)cc21. The zero-order valence-electron chi connectivity index (χ0n) is 18.2. The maximum atomic E-state index is 13.4. The van der Waals surface area contributed by atoms with Crippen LogP contribution in [0.15, 0.2) is 45.8 Å². The highest BCUT2D eigenvalue weighted by molar-refractivity contribution is 9.10. The summed E-state index contributed by atoms with van der Waals surface area (Å²) in [6, 6.07) is 10.3. The summed E-state index contributed by atoms with van der Waals surface area (Å²) >= 11 is 9.30. The second kappa shape index (κ2) is 9.74. The highest BCUT2D eigenvalue weighted by Gasteiger charge is 2.35. The number of nitrogens with zero attached hydrogens (tertiary/aromatic N) is 2. The first-order chi connectivity index (χ1) is 15.7. The van der Waals surface area contributed by atoms with Gasteiger partial charge in [0.15, 0.2) is 0 Å². The molecule has 0 aromatic heterocycles. The maximum Gasteiger partial charge on any atom is 0.244 e. The summed E-state index contributed by atoms with van der Waals surface area (Å²) < 4.78 is 28.8. The molecule has 1 fully saturated rings. The first-order valence-electron chi connectivity index (χ1n) is 10.9. The van der Waals surface area contributed by atoms with Crippen LogP contribution in [0.5, 0.6) is 0 Å². The number of hydrogen-bond donors (Lipinski definition) is 1. The van der Waals surface area contributed by atoms with Crippen LogP contribution in [-0.4, -0.2) is 44.2 Å². The van der Waals surface area contributed by atoms with E-state index in [1.54, 1.807) is 48.2 Å². The van der Waals surface area contributed by atoms with Gasteiger partial charge in [0.2, 0.25) is 21.8 Å². The van der Waals surface area contributed by atoms with Crippen LogP contribution in [0.1, 0.15) is 31.7 Å². The Hall–Kier alpha value is -1.94. The van der Waals surface area contributed by atoms with Crippen LogP contribution in [0.3, 0.4) is 0 Å². The normalized spacial score (nSPS) is 17.1. The summed E-state index contributed by atoms with van der Waals surface area (Å²) in [6.07, 6.45) is 1.93. The fourth-order valence-electron chi connectivity index (χ4n) is 4.31. The molecule has 33 heavy (non-hydrogen) atoms. The second-order valence-electron chi connectivity index (χ2n) is 8.23. The van der Waals surface area contributed by atoms with Gasteiger partial charge < -0.3 is 10.2 Å². The Labute approximate surface area is 207 Å². The fraction of sp³-hybridized carbons (Fsp3) is 0.391. The van der Waals surface area contributed by atoms with Crippen LogP contribution in [-0.2, 0) is 26.0 Å². The summed E-state index contributed by atoms with van der Waals surface area (Å²) in [6.45, 7) is 2.86. The van der Waals surface area contributed by atoms with Crippen molar-refractivity contribution in [3.63, 3.8) is 0 Å². The van der Waals surface area contributed by atoms with E-state index in [0.29, 0.717) is 53.1 Å². The smallest absolute Gasteiger partial charge is 0.244 e. The summed E-state index contributed by atoms with van der Waals surface area (Å²) in [4.78, 5) is 26.7. The van der Waals surface area contributed by atoms with Gasteiger partial charge in [0.05, 0.1) is 4.90 Å². The van der Waals surface area contributed by atoms with E-state index in [0.717, 1.165) is 5.56 Å².